The van der Waals surface area contributed by atoms with Gasteiger partial charge in [-0.3, -0.25) is 4.79 Å². The van der Waals surface area contributed by atoms with Gasteiger partial charge in [-0.25, -0.2) is 0 Å². The molecule has 6 heteroatoms. The second kappa shape index (κ2) is 9.87. The van der Waals surface area contributed by atoms with Crippen LogP contribution in [0.1, 0.15) is 18.1 Å². The summed E-state index contributed by atoms with van der Waals surface area (Å²) in [5.41, 5.74) is 1.99. The smallest absolute Gasteiger partial charge is 0.260 e. The summed E-state index contributed by atoms with van der Waals surface area (Å²) >= 11 is 0. The molecule has 0 aromatic heterocycles. The maximum absolute atomic E-state index is 12.8. The SMILES string of the molecule is C=CCc1ccc(OCC(=O)N(CC)Cc2cccc3c2OCCO3)c(OC)c1. The van der Waals surface area contributed by atoms with E-state index in [-0.39, 0.29) is 12.5 Å². The van der Waals surface area contributed by atoms with Crippen molar-refractivity contribution in [1.29, 1.82) is 0 Å². The van der Waals surface area contributed by atoms with E-state index < -0.39 is 0 Å². The van der Waals surface area contributed by atoms with Crippen molar-refractivity contribution in [1.82, 2.24) is 4.90 Å². The number of allylic oxidation sites excluding steroid dienone is 1. The van der Waals surface area contributed by atoms with Gasteiger partial charge in [0.2, 0.25) is 0 Å². The zero-order valence-electron chi connectivity index (χ0n) is 17.0. The van der Waals surface area contributed by atoms with Gasteiger partial charge in [0, 0.05) is 18.7 Å². The number of likely N-dealkylation sites (N-methyl/N-ethyl adjacent to an activating group) is 1. The third-order valence-electron chi connectivity index (χ3n) is 4.70. The Morgan fingerprint density at radius 2 is 2.03 bits per heavy atom. The van der Waals surface area contributed by atoms with E-state index in [2.05, 4.69) is 6.58 Å². The minimum absolute atomic E-state index is 0.0720. The molecule has 1 aliphatic heterocycles. The molecule has 3 rings (SSSR count). The van der Waals surface area contributed by atoms with E-state index in [0.29, 0.717) is 43.6 Å². The number of rotatable bonds is 9. The summed E-state index contributed by atoms with van der Waals surface area (Å²) in [7, 11) is 1.58. The zero-order valence-corrected chi connectivity index (χ0v) is 17.0. The van der Waals surface area contributed by atoms with Crippen molar-refractivity contribution < 1.29 is 23.7 Å². The largest absolute Gasteiger partial charge is 0.493 e. The molecule has 0 atom stereocenters. The lowest BCUT2D eigenvalue weighted by molar-refractivity contribution is -0.133. The number of amides is 1. The van der Waals surface area contributed by atoms with Gasteiger partial charge in [-0.05, 0) is 37.1 Å². The lowest BCUT2D eigenvalue weighted by Gasteiger charge is -2.25. The highest BCUT2D eigenvalue weighted by Gasteiger charge is 2.20. The van der Waals surface area contributed by atoms with E-state index in [0.717, 1.165) is 23.3 Å². The van der Waals surface area contributed by atoms with Gasteiger partial charge in [0.15, 0.2) is 29.6 Å². The Kier molecular flexibility index (Phi) is 7.00. The summed E-state index contributed by atoms with van der Waals surface area (Å²) in [6.45, 7) is 7.65. The molecule has 2 aromatic rings. The quantitative estimate of drug-likeness (QED) is 0.605. The molecular formula is C23H27NO5. The Morgan fingerprint density at radius 1 is 1.21 bits per heavy atom. The van der Waals surface area contributed by atoms with Crippen LogP contribution < -0.4 is 18.9 Å². The molecule has 0 radical (unpaired) electrons. The van der Waals surface area contributed by atoms with Crippen LogP contribution in [0.3, 0.4) is 0 Å². The molecule has 2 aromatic carbocycles. The fourth-order valence-electron chi connectivity index (χ4n) is 3.20. The summed E-state index contributed by atoms with van der Waals surface area (Å²) in [5, 5.41) is 0. The summed E-state index contributed by atoms with van der Waals surface area (Å²) in [6, 6.07) is 11.4. The minimum atomic E-state index is -0.112. The number of carbonyl (C=O) groups excluding carboxylic acids is 1. The average molecular weight is 397 g/mol. The van der Waals surface area contributed by atoms with Crippen molar-refractivity contribution in [2.75, 3.05) is 33.5 Å². The third kappa shape index (κ3) is 5.02. The first kappa shape index (κ1) is 20.6. The maximum atomic E-state index is 12.8. The van der Waals surface area contributed by atoms with Crippen LogP contribution in [0, 0.1) is 0 Å². The molecule has 154 valence electrons. The Hall–Kier alpha value is -3.15. The first-order chi connectivity index (χ1) is 14.2. The Balaban J connectivity index is 1.66. The van der Waals surface area contributed by atoms with Gasteiger partial charge in [0.05, 0.1) is 7.11 Å². The molecule has 6 nitrogen and oxygen atoms in total. The normalized spacial score (nSPS) is 12.2. The first-order valence-corrected chi connectivity index (χ1v) is 9.72. The molecule has 0 unspecified atom stereocenters. The van der Waals surface area contributed by atoms with Crippen molar-refractivity contribution in [2.45, 2.75) is 19.9 Å². The van der Waals surface area contributed by atoms with Crippen LogP contribution in [0.2, 0.25) is 0 Å². The average Bonchev–Trinajstić information content (AvgIpc) is 2.76. The summed E-state index contributed by atoms with van der Waals surface area (Å²) in [4.78, 5) is 14.5. The summed E-state index contributed by atoms with van der Waals surface area (Å²) < 4.78 is 22.5. The van der Waals surface area contributed by atoms with Gasteiger partial charge in [0.25, 0.3) is 5.91 Å². The highest BCUT2D eigenvalue weighted by atomic mass is 16.6. The fraction of sp³-hybridized carbons (Fsp3) is 0.348. The molecule has 0 aliphatic carbocycles. The van der Waals surface area contributed by atoms with E-state index in [1.54, 1.807) is 12.0 Å². The number of para-hydroxylation sites is 1. The van der Waals surface area contributed by atoms with Crippen LogP contribution in [-0.4, -0.2) is 44.3 Å². The summed E-state index contributed by atoms with van der Waals surface area (Å²) in [6.07, 6.45) is 2.57. The number of benzene rings is 2. The van der Waals surface area contributed by atoms with Crippen molar-refractivity contribution in [3.05, 3.63) is 60.2 Å². The number of hydrogen-bond donors (Lipinski definition) is 0. The lowest BCUT2D eigenvalue weighted by Crippen LogP contribution is -2.34. The number of methoxy groups -OCH3 is 1. The lowest BCUT2D eigenvalue weighted by atomic mass is 10.1. The maximum Gasteiger partial charge on any atom is 0.260 e. The molecule has 0 N–H and O–H groups in total. The van der Waals surface area contributed by atoms with Gasteiger partial charge < -0.3 is 23.8 Å². The van der Waals surface area contributed by atoms with Gasteiger partial charge in [-0.15, -0.1) is 6.58 Å². The predicted molar refractivity (Wildman–Crippen MR) is 111 cm³/mol. The van der Waals surface area contributed by atoms with E-state index in [1.807, 2.05) is 49.4 Å². The van der Waals surface area contributed by atoms with E-state index in [4.69, 9.17) is 18.9 Å². The van der Waals surface area contributed by atoms with Gasteiger partial charge in [0.1, 0.15) is 13.2 Å². The monoisotopic (exact) mass is 397 g/mol. The number of nitrogens with zero attached hydrogens (tertiary/aromatic N) is 1. The molecular weight excluding hydrogens is 370 g/mol. The second-order valence-electron chi connectivity index (χ2n) is 6.62. The van der Waals surface area contributed by atoms with Crippen molar-refractivity contribution in [3.8, 4) is 23.0 Å². The summed E-state index contributed by atoms with van der Waals surface area (Å²) in [5.74, 6) is 2.46. The molecule has 0 spiro atoms. The third-order valence-corrected chi connectivity index (χ3v) is 4.70. The Labute approximate surface area is 171 Å². The van der Waals surface area contributed by atoms with Gasteiger partial charge in [-0.1, -0.05) is 24.3 Å². The van der Waals surface area contributed by atoms with Crippen molar-refractivity contribution in [3.63, 3.8) is 0 Å². The second-order valence-corrected chi connectivity index (χ2v) is 6.62. The highest BCUT2D eigenvalue weighted by molar-refractivity contribution is 5.78. The van der Waals surface area contributed by atoms with Crippen molar-refractivity contribution in [2.24, 2.45) is 0 Å². The Bertz CT molecular complexity index is 864. The number of ether oxygens (including phenoxy) is 4. The Morgan fingerprint density at radius 3 is 2.79 bits per heavy atom. The minimum Gasteiger partial charge on any atom is -0.493 e. The molecule has 1 aliphatic rings. The molecule has 0 saturated carbocycles. The van der Waals surface area contributed by atoms with Crippen LogP contribution >= 0.6 is 0 Å². The topological polar surface area (TPSA) is 57.2 Å². The molecule has 0 saturated heterocycles. The zero-order chi connectivity index (χ0) is 20.6. The van der Waals surface area contributed by atoms with Crippen LogP contribution in [0.15, 0.2) is 49.1 Å². The molecule has 0 bridgehead atoms. The number of fused-ring (bicyclic) bond motifs is 1. The van der Waals surface area contributed by atoms with Crippen molar-refractivity contribution >= 4 is 5.91 Å². The van der Waals surface area contributed by atoms with Crippen LogP contribution in [0.4, 0.5) is 0 Å². The first-order valence-electron chi connectivity index (χ1n) is 9.72. The molecule has 0 fully saturated rings. The van der Waals surface area contributed by atoms with E-state index >= 15 is 0 Å². The van der Waals surface area contributed by atoms with Crippen LogP contribution in [0.5, 0.6) is 23.0 Å². The number of carbonyl (C=O) groups is 1. The molecule has 1 amide bonds. The number of hydrogen-bond acceptors (Lipinski definition) is 5. The molecule has 1 heterocycles. The van der Waals surface area contributed by atoms with Crippen LogP contribution in [0.25, 0.3) is 0 Å². The molecule has 29 heavy (non-hydrogen) atoms. The van der Waals surface area contributed by atoms with E-state index in [9.17, 15) is 4.79 Å². The van der Waals surface area contributed by atoms with Gasteiger partial charge >= 0.3 is 0 Å². The fourth-order valence-corrected chi connectivity index (χ4v) is 3.20. The van der Waals surface area contributed by atoms with Crippen LogP contribution in [-0.2, 0) is 17.8 Å². The predicted octanol–water partition coefficient (Wildman–Crippen LogP) is 3.62. The van der Waals surface area contributed by atoms with Gasteiger partial charge in [-0.2, -0.15) is 0 Å². The van der Waals surface area contributed by atoms with E-state index in [1.165, 1.54) is 0 Å². The standard InChI is InChI=1S/C23H27NO5/c1-4-7-17-10-11-19(21(14-17)26-3)29-16-22(25)24(5-2)15-18-8-6-9-20-23(18)28-13-12-27-20/h4,6,8-11,14H,1,5,7,12-13,15-16H2,2-3H3. The highest BCUT2D eigenvalue weighted by Crippen LogP contribution is 2.34.